The highest BCUT2D eigenvalue weighted by atomic mass is 16.2. The zero-order valence-electron chi connectivity index (χ0n) is 13.2. The van der Waals surface area contributed by atoms with E-state index in [4.69, 9.17) is 0 Å². The van der Waals surface area contributed by atoms with Gasteiger partial charge in [0.2, 0.25) is 5.91 Å². The predicted molar refractivity (Wildman–Crippen MR) is 88.1 cm³/mol. The third-order valence-electron chi connectivity index (χ3n) is 4.70. The molecular formula is C18H20N4O. The number of nitrogens with zero attached hydrogens (tertiary/aromatic N) is 4. The lowest BCUT2D eigenvalue weighted by molar-refractivity contribution is -0.134. The van der Waals surface area contributed by atoms with Gasteiger partial charge in [-0.1, -0.05) is 13.0 Å². The summed E-state index contributed by atoms with van der Waals surface area (Å²) in [5.74, 6) is 0.176. The topological polar surface area (TPSA) is 42.5 Å². The maximum Gasteiger partial charge on any atom is 0.229 e. The zero-order valence-corrected chi connectivity index (χ0v) is 13.2. The van der Waals surface area contributed by atoms with Gasteiger partial charge in [0, 0.05) is 37.4 Å². The van der Waals surface area contributed by atoms with E-state index in [1.54, 1.807) is 6.20 Å². The average Bonchev–Trinajstić information content (AvgIpc) is 3.21. The van der Waals surface area contributed by atoms with Crippen LogP contribution in [0.5, 0.6) is 0 Å². The fourth-order valence-corrected chi connectivity index (χ4v) is 3.56. The first-order valence-electron chi connectivity index (χ1n) is 8.13. The van der Waals surface area contributed by atoms with Gasteiger partial charge in [-0.3, -0.25) is 4.79 Å². The quantitative estimate of drug-likeness (QED) is 0.746. The molecule has 0 N–H and O–H groups in total. The zero-order chi connectivity index (χ0) is 15.8. The highest BCUT2D eigenvalue weighted by molar-refractivity contribution is 5.79. The largest absolute Gasteiger partial charge is 0.348 e. The van der Waals surface area contributed by atoms with Crippen molar-refractivity contribution in [2.45, 2.75) is 32.4 Å². The lowest BCUT2D eigenvalue weighted by Crippen LogP contribution is -2.42. The van der Waals surface area contributed by atoms with Gasteiger partial charge in [-0.05, 0) is 30.7 Å². The van der Waals surface area contributed by atoms with Gasteiger partial charge in [0.15, 0.2) is 0 Å². The molecule has 3 aromatic rings. The van der Waals surface area contributed by atoms with Crippen molar-refractivity contribution in [1.82, 2.24) is 18.9 Å². The molecule has 1 aliphatic rings. The highest BCUT2D eigenvalue weighted by Gasteiger charge is 2.29. The fraction of sp³-hybridized carbons (Fsp3) is 0.333. The maximum absolute atomic E-state index is 12.9. The van der Waals surface area contributed by atoms with Gasteiger partial charge in [-0.15, -0.1) is 0 Å². The number of imidazole rings is 1. The molecule has 3 aromatic heterocycles. The van der Waals surface area contributed by atoms with Crippen LogP contribution in [0.3, 0.4) is 0 Å². The highest BCUT2D eigenvalue weighted by Crippen LogP contribution is 2.29. The van der Waals surface area contributed by atoms with Crippen LogP contribution in [0.15, 0.2) is 48.9 Å². The summed E-state index contributed by atoms with van der Waals surface area (Å²) in [5.41, 5.74) is 3.07. The molecule has 0 radical (unpaired) electrons. The van der Waals surface area contributed by atoms with E-state index in [0.717, 1.165) is 30.9 Å². The molecule has 5 heteroatoms. The third-order valence-corrected chi connectivity index (χ3v) is 4.70. The van der Waals surface area contributed by atoms with E-state index >= 15 is 0 Å². The number of amides is 1. The Labute approximate surface area is 135 Å². The molecule has 0 fully saturated rings. The molecule has 0 aliphatic carbocycles. The number of pyridine rings is 1. The van der Waals surface area contributed by atoms with Gasteiger partial charge in [-0.25, -0.2) is 4.98 Å². The summed E-state index contributed by atoms with van der Waals surface area (Å²) in [7, 11) is 0. The molecule has 4 heterocycles. The second-order valence-corrected chi connectivity index (χ2v) is 5.99. The molecule has 4 rings (SSSR count). The molecule has 1 atom stereocenters. The minimum absolute atomic E-state index is 0.172. The Kier molecular flexibility index (Phi) is 3.41. The van der Waals surface area contributed by atoms with E-state index in [1.165, 1.54) is 5.69 Å². The summed E-state index contributed by atoms with van der Waals surface area (Å²) < 4.78 is 4.25. The number of rotatable bonds is 3. The molecule has 5 nitrogen and oxygen atoms in total. The molecule has 0 saturated carbocycles. The predicted octanol–water partition coefficient (Wildman–Crippen LogP) is 2.67. The van der Waals surface area contributed by atoms with Crippen molar-refractivity contribution in [3.05, 3.63) is 60.3 Å². The van der Waals surface area contributed by atoms with Gasteiger partial charge in [0.05, 0.1) is 18.2 Å². The molecule has 0 unspecified atom stereocenters. The summed E-state index contributed by atoms with van der Waals surface area (Å²) in [6, 6.07) is 10.2. The molecule has 0 saturated heterocycles. The second kappa shape index (κ2) is 5.57. The van der Waals surface area contributed by atoms with Crippen LogP contribution >= 0.6 is 0 Å². The minimum Gasteiger partial charge on any atom is -0.348 e. The van der Waals surface area contributed by atoms with E-state index in [9.17, 15) is 4.79 Å². The second-order valence-electron chi connectivity index (χ2n) is 5.99. The van der Waals surface area contributed by atoms with Gasteiger partial charge in [0.1, 0.15) is 5.65 Å². The molecular weight excluding hydrogens is 288 g/mol. The smallest absolute Gasteiger partial charge is 0.229 e. The summed E-state index contributed by atoms with van der Waals surface area (Å²) in [4.78, 5) is 19.3. The summed E-state index contributed by atoms with van der Waals surface area (Å²) in [6.07, 6.45) is 7.19. The van der Waals surface area contributed by atoms with Crippen LogP contribution in [0.4, 0.5) is 0 Å². The molecule has 0 spiro atoms. The van der Waals surface area contributed by atoms with Crippen molar-refractivity contribution in [2.75, 3.05) is 6.54 Å². The van der Waals surface area contributed by atoms with E-state index in [0.29, 0.717) is 6.42 Å². The first-order chi connectivity index (χ1) is 11.3. The molecule has 1 aliphatic heterocycles. The lowest BCUT2D eigenvalue weighted by atomic mass is 10.1. The van der Waals surface area contributed by atoms with Crippen LogP contribution < -0.4 is 0 Å². The van der Waals surface area contributed by atoms with Crippen LogP contribution in [0, 0.1) is 0 Å². The van der Waals surface area contributed by atoms with E-state index in [2.05, 4.69) is 34.8 Å². The Morgan fingerprint density at radius 3 is 3.00 bits per heavy atom. The van der Waals surface area contributed by atoms with E-state index < -0.39 is 0 Å². The van der Waals surface area contributed by atoms with Crippen LogP contribution in [-0.4, -0.2) is 31.3 Å². The Hall–Kier alpha value is -2.56. The van der Waals surface area contributed by atoms with E-state index in [1.807, 2.05) is 33.7 Å². The summed E-state index contributed by atoms with van der Waals surface area (Å²) >= 11 is 0. The Balaban J connectivity index is 1.60. The molecule has 1 amide bonds. The van der Waals surface area contributed by atoms with E-state index in [-0.39, 0.29) is 11.9 Å². The van der Waals surface area contributed by atoms with Crippen molar-refractivity contribution in [3.63, 3.8) is 0 Å². The summed E-state index contributed by atoms with van der Waals surface area (Å²) in [6.45, 7) is 3.79. The lowest BCUT2D eigenvalue weighted by Gasteiger charge is -2.36. The van der Waals surface area contributed by atoms with Crippen LogP contribution in [0.2, 0.25) is 0 Å². The van der Waals surface area contributed by atoms with Gasteiger partial charge in [0.25, 0.3) is 0 Å². The van der Waals surface area contributed by atoms with Crippen LogP contribution in [-0.2, 0) is 17.8 Å². The molecule has 23 heavy (non-hydrogen) atoms. The number of hydrogen-bond donors (Lipinski definition) is 0. The first-order valence-corrected chi connectivity index (χ1v) is 8.13. The number of carbonyl (C=O) groups excluding carboxylic acids is 1. The number of carbonyl (C=O) groups is 1. The molecule has 0 aromatic carbocycles. The van der Waals surface area contributed by atoms with Gasteiger partial charge in [-0.2, -0.15) is 0 Å². The normalized spacial score (nSPS) is 17.4. The number of hydrogen-bond acceptors (Lipinski definition) is 2. The molecule has 118 valence electrons. The minimum atomic E-state index is 0.172. The van der Waals surface area contributed by atoms with Gasteiger partial charge >= 0.3 is 0 Å². The monoisotopic (exact) mass is 308 g/mol. The number of aromatic nitrogens is 3. The van der Waals surface area contributed by atoms with Crippen molar-refractivity contribution in [3.8, 4) is 0 Å². The molecule has 0 bridgehead atoms. The van der Waals surface area contributed by atoms with Crippen molar-refractivity contribution >= 4 is 11.6 Å². The van der Waals surface area contributed by atoms with Gasteiger partial charge < -0.3 is 13.9 Å². The maximum atomic E-state index is 12.9. The third kappa shape index (κ3) is 2.32. The average molecular weight is 308 g/mol. The van der Waals surface area contributed by atoms with Crippen molar-refractivity contribution in [2.24, 2.45) is 0 Å². The SMILES string of the molecule is CC[C@H]1c2cccn2CCN1C(=O)Cc1cnc2ccccn12. The fourth-order valence-electron chi connectivity index (χ4n) is 3.56. The Bertz CT molecular complexity index is 847. The Morgan fingerprint density at radius 1 is 1.22 bits per heavy atom. The first kappa shape index (κ1) is 14.1. The van der Waals surface area contributed by atoms with Crippen LogP contribution in [0.25, 0.3) is 5.65 Å². The summed E-state index contributed by atoms with van der Waals surface area (Å²) in [5, 5.41) is 0. The number of fused-ring (bicyclic) bond motifs is 2. The Morgan fingerprint density at radius 2 is 2.13 bits per heavy atom. The standard InChI is InChI=1S/C18H20N4O/c1-2-15-16-6-5-8-20(16)10-11-22(15)18(23)12-14-13-19-17-7-3-4-9-21(14)17/h3-9,13,15H,2,10-12H2,1H3/t15-/m0/s1. The van der Waals surface area contributed by atoms with Crippen molar-refractivity contribution < 1.29 is 4.79 Å². The van der Waals surface area contributed by atoms with Crippen LogP contribution in [0.1, 0.15) is 30.8 Å². The van der Waals surface area contributed by atoms with Crippen molar-refractivity contribution in [1.29, 1.82) is 0 Å².